The average Bonchev–Trinajstić information content (AvgIpc) is 2.49. The summed E-state index contributed by atoms with van der Waals surface area (Å²) >= 11 is 5.71. The van der Waals surface area contributed by atoms with Crippen molar-refractivity contribution in [1.29, 1.82) is 0 Å². The third-order valence-corrected chi connectivity index (χ3v) is 4.23. The maximum Gasteiger partial charge on any atom is 0.276 e. The predicted octanol–water partition coefficient (Wildman–Crippen LogP) is 2.37. The number of aromatic hydroxyl groups is 1. The lowest BCUT2D eigenvalue weighted by Gasteiger charge is -2.04. The molecular formula is C14H13ClN2O4S. The van der Waals surface area contributed by atoms with Crippen LogP contribution in [0.15, 0.2) is 52.5 Å². The molecule has 0 atom stereocenters. The largest absolute Gasteiger partial charge is 0.507 e. The molecule has 8 heteroatoms. The highest BCUT2D eigenvalue weighted by Crippen LogP contribution is 2.21. The molecule has 0 amide bonds. The molecule has 6 nitrogen and oxygen atoms in total. The molecular weight excluding hydrogens is 328 g/mol. The van der Waals surface area contributed by atoms with Gasteiger partial charge in [0, 0.05) is 10.6 Å². The van der Waals surface area contributed by atoms with E-state index < -0.39 is 10.0 Å². The molecule has 2 rings (SSSR count). The Morgan fingerprint density at radius 3 is 2.55 bits per heavy atom. The fourth-order valence-corrected chi connectivity index (χ4v) is 2.51. The Balaban J connectivity index is 2.16. The average molecular weight is 341 g/mol. The number of nitrogens with zero attached hydrogens (tertiary/aromatic N) is 1. The first-order valence-electron chi connectivity index (χ1n) is 6.10. The third kappa shape index (κ3) is 3.90. The Bertz CT molecular complexity index is 789. The Hall–Kier alpha value is -2.25. The van der Waals surface area contributed by atoms with Crippen molar-refractivity contribution in [2.75, 3.05) is 7.11 Å². The number of phenols is 1. The Morgan fingerprint density at radius 1 is 1.23 bits per heavy atom. The lowest BCUT2D eigenvalue weighted by atomic mass is 10.2. The van der Waals surface area contributed by atoms with Gasteiger partial charge in [0.1, 0.15) is 11.5 Å². The Labute approximate surface area is 133 Å². The summed E-state index contributed by atoms with van der Waals surface area (Å²) in [6, 6.07) is 10.2. The second kappa shape index (κ2) is 6.67. The van der Waals surface area contributed by atoms with Crippen LogP contribution in [-0.2, 0) is 10.0 Å². The number of ether oxygens (including phenoxy) is 1. The lowest BCUT2D eigenvalue weighted by molar-refractivity contribution is 0.412. The van der Waals surface area contributed by atoms with Crippen LogP contribution in [-0.4, -0.2) is 26.8 Å². The first-order chi connectivity index (χ1) is 10.4. The molecule has 0 fully saturated rings. The fraction of sp³-hybridized carbons (Fsp3) is 0.0714. The molecule has 0 aromatic heterocycles. The van der Waals surface area contributed by atoms with Crippen molar-refractivity contribution in [2.24, 2.45) is 5.10 Å². The van der Waals surface area contributed by atoms with Crippen LogP contribution in [0, 0.1) is 0 Å². The van der Waals surface area contributed by atoms with E-state index >= 15 is 0 Å². The summed E-state index contributed by atoms with van der Waals surface area (Å²) in [4.78, 5) is 2.09. The fourth-order valence-electron chi connectivity index (χ4n) is 1.59. The summed E-state index contributed by atoms with van der Waals surface area (Å²) < 4.78 is 29.0. The number of sulfonamides is 1. The van der Waals surface area contributed by atoms with Crippen molar-refractivity contribution in [3.63, 3.8) is 0 Å². The number of halogens is 1. The SMILES string of the molecule is COc1ccc(O)c(/C=N\NS(=O)(=O)c2ccc(Cl)cc2)c1. The van der Waals surface area contributed by atoms with Crippen LogP contribution >= 0.6 is 11.6 Å². The summed E-state index contributed by atoms with van der Waals surface area (Å²) in [7, 11) is -2.31. The second-order valence-corrected chi connectivity index (χ2v) is 6.33. The van der Waals surface area contributed by atoms with Gasteiger partial charge < -0.3 is 9.84 Å². The van der Waals surface area contributed by atoms with Gasteiger partial charge in [0.05, 0.1) is 18.2 Å². The Morgan fingerprint density at radius 2 is 1.91 bits per heavy atom. The number of methoxy groups -OCH3 is 1. The van der Waals surface area contributed by atoms with Crippen molar-refractivity contribution in [3.8, 4) is 11.5 Å². The van der Waals surface area contributed by atoms with Crippen molar-refractivity contribution < 1.29 is 18.3 Å². The number of nitrogens with one attached hydrogen (secondary N) is 1. The first kappa shape index (κ1) is 16.1. The van der Waals surface area contributed by atoms with E-state index in [-0.39, 0.29) is 10.6 Å². The van der Waals surface area contributed by atoms with Gasteiger partial charge in [-0.1, -0.05) is 11.6 Å². The minimum Gasteiger partial charge on any atom is -0.507 e. The molecule has 22 heavy (non-hydrogen) atoms. The molecule has 116 valence electrons. The maximum absolute atomic E-state index is 12.0. The van der Waals surface area contributed by atoms with Crippen molar-refractivity contribution in [1.82, 2.24) is 4.83 Å². The van der Waals surface area contributed by atoms with Gasteiger partial charge in [-0.3, -0.25) is 0 Å². The quantitative estimate of drug-likeness (QED) is 0.646. The minimum atomic E-state index is -3.80. The molecule has 0 heterocycles. The number of hydrazone groups is 1. The van der Waals surface area contributed by atoms with Gasteiger partial charge in [0.15, 0.2) is 0 Å². The smallest absolute Gasteiger partial charge is 0.276 e. The van der Waals surface area contributed by atoms with E-state index in [0.717, 1.165) is 0 Å². The summed E-state index contributed by atoms with van der Waals surface area (Å²) in [6.45, 7) is 0. The minimum absolute atomic E-state index is 0.0314. The molecule has 2 N–H and O–H groups in total. The molecule has 0 unspecified atom stereocenters. The molecule has 0 saturated carbocycles. The molecule has 2 aromatic rings. The van der Waals surface area contributed by atoms with Gasteiger partial charge in [-0.05, 0) is 42.5 Å². The molecule has 0 saturated heterocycles. The van der Waals surface area contributed by atoms with Crippen LogP contribution in [0.5, 0.6) is 11.5 Å². The summed E-state index contributed by atoms with van der Waals surface area (Å²) in [5.74, 6) is 0.468. The molecule has 0 aliphatic heterocycles. The zero-order valence-corrected chi connectivity index (χ0v) is 13.1. The standard InChI is InChI=1S/C14H13ClN2O4S/c1-21-12-4-7-14(18)10(8-12)9-16-17-22(19,20)13-5-2-11(15)3-6-13/h2-9,17-18H,1H3/b16-9-. The van der Waals surface area contributed by atoms with Crippen LogP contribution in [0.25, 0.3) is 0 Å². The van der Waals surface area contributed by atoms with Crippen LogP contribution in [0.1, 0.15) is 5.56 Å². The second-order valence-electron chi connectivity index (χ2n) is 4.23. The van der Waals surface area contributed by atoms with Crippen LogP contribution < -0.4 is 9.57 Å². The van der Waals surface area contributed by atoms with Crippen LogP contribution in [0.2, 0.25) is 5.02 Å². The summed E-state index contributed by atoms with van der Waals surface area (Å²) in [5, 5.41) is 13.7. The van der Waals surface area contributed by atoms with Gasteiger partial charge in [0.25, 0.3) is 10.0 Å². The van der Waals surface area contributed by atoms with E-state index in [2.05, 4.69) is 9.93 Å². The molecule has 0 aliphatic carbocycles. The summed E-state index contributed by atoms with van der Waals surface area (Å²) in [6.07, 6.45) is 1.19. The van der Waals surface area contributed by atoms with Crippen LogP contribution in [0.4, 0.5) is 0 Å². The molecule has 0 radical (unpaired) electrons. The number of benzene rings is 2. The van der Waals surface area contributed by atoms with Gasteiger partial charge in [-0.15, -0.1) is 0 Å². The van der Waals surface area contributed by atoms with E-state index in [1.165, 1.54) is 49.7 Å². The highest BCUT2D eigenvalue weighted by Gasteiger charge is 2.12. The van der Waals surface area contributed by atoms with Gasteiger partial charge in [-0.25, -0.2) is 4.83 Å². The topological polar surface area (TPSA) is 88.0 Å². The van der Waals surface area contributed by atoms with E-state index in [1.54, 1.807) is 6.07 Å². The van der Waals surface area contributed by atoms with Gasteiger partial charge in [-0.2, -0.15) is 13.5 Å². The van der Waals surface area contributed by atoms with E-state index in [1.807, 2.05) is 0 Å². The maximum atomic E-state index is 12.0. The first-order valence-corrected chi connectivity index (χ1v) is 7.96. The van der Waals surface area contributed by atoms with E-state index in [4.69, 9.17) is 16.3 Å². The number of rotatable bonds is 5. The Kier molecular flexibility index (Phi) is 4.89. The molecule has 0 bridgehead atoms. The highest BCUT2D eigenvalue weighted by atomic mass is 35.5. The normalized spacial score (nSPS) is 11.5. The molecule has 0 aliphatic rings. The van der Waals surface area contributed by atoms with Crippen molar-refractivity contribution in [3.05, 3.63) is 53.1 Å². The van der Waals surface area contributed by atoms with E-state index in [0.29, 0.717) is 16.3 Å². The zero-order valence-electron chi connectivity index (χ0n) is 11.5. The van der Waals surface area contributed by atoms with Gasteiger partial charge in [0.2, 0.25) is 0 Å². The monoisotopic (exact) mass is 340 g/mol. The lowest BCUT2D eigenvalue weighted by Crippen LogP contribution is -2.18. The zero-order chi connectivity index (χ0) is 16.2. The van der Waals surface area contributed by atoms with E-state index in [9.17, 15) is 13.5 Å². The molecule has 0 spiro atoms. The highest BCUT2D eigenvalue weighted by molar-refractivity contribution is 7.89. The van der Waals surface area contributed by atoms with Crippen molar-refractivity contribution in [2.45, 2.75) is 4.90 Å². The molecule has 2 aromatic carbocycles. The van der Waals surface area contributed by atoms with Crippen molar-refractivity contribution >= 4 is 27.8 Å². The predicted molar refractivity (Wildman–Crippen MR) is 84.0 cm³/mol. The number of hydrogen-bond donors (Lipinski definition) is 2. The summed E-state index contributed by atoms with van der Waals surface area (Å²) in [5.41, 5.74) is 0.318. The number of hydrogen-bond acceptors (Lipinski definition) is 5. The third-order valence-electron chi connectivity index (χ3n) is 2.74. The number of phenolic OH excluding ortho intramolecular Hbond substituents is 1. The van der Waals surface area contributed by atoms with Crippen LogP contribution in [0.3, 0.4) is 0 Å². The van der Waals surface area contributed by atoms with Gasteiger partial charge >= 0.3 is 0 Å².